The van der Waals surface area contributed by atoms with Gasteiger partial charge in [0.2, 0.25) is 0 Å². The van der Waals surface area contributed by atoms with Crippen LogP contribution in [0.25, 0.3) is 0 Å². The first-order valence-corrected chi connectivity index (χ1v) is 5.69. The van der Waals surface area contributed by atoms with Gasteiger partial charge >= 0.3 is 12.1 Å². The van der Waals surface area contributed by atoms with E-state index < -0.39 is 22.4 Å². The minimum absolute atomic E-state index is 0.0207. The van der Waals surface area contributed by atoms with Crippen LogP contribution in [0.5, 0.6) is 0 Å². The number of carbonyl (C=O) groups excluding carboxylic acids is 1. The first-order valence-electron chi connectivity index (χ1n) is 4.87. The predicted octanol–water partition coefficient (Wildman–Crippen LogP) is 3.85. The maximum atomic E-state index is 12.6. The summed E-state index contributed by atoms with van der Waals surface area (Å²) in [5.74, 6) is -0.726. The molecule has 0 unspecified atom stereocenters. The van der Waals surface area contributed by atoms with Gasteiger partial charge < -0.3 is 4.74 Å². The van der Waals surface area contributed by atoms with E-state index in [2.05, 4.69) is 4.74 Å². The molecule has 0 amide bonds. The summed E-state index contributed by atoms with van der Waals surface area (Å²) in [6.45, 7) is 5.25. The van der Waals surface area contributed by atoms with Crippen LogP contribution in [-0.4, -0.2) is 13.1 Å². The molecule has 96 valence electrons. The number of hydrogen-bond donors (Lipinski definition) is 0. The van der Waals surface area contributed by atoms with Crippen molar-refractivity contribution >= 4 is 17.3 Å². The molecule has 2 nitrogen and oxygen atoms in total. The molecule has 0 N–H and O–H groups in total. The van der Waals surface area contributed by atoms with E-state index >= 15 is 0 Å². The van der Waals surface area contributed by atoms with Crippen molar-refractivity contribution in [1.29, 1.82) is 0 Å². The summed E-state index contributed by atoms with van der Waals surface area (Å²) in [4.78, 5) is 10.7. The zero-order chi connectivity index (χ0) is 13.4. The standard InChI is InChI=1S/C11H13F3O2S/c1-10(2,3)6-5-7(11(12,13)14)17-8(6)9(15)16-4/h5H,1-4H3. The van der Waals surface area contributed by atoms with Gasteiger partial charge in [0.1, 0.15) is 9.75 Å². The highest BCUT2D eigenvalue weighted by molar-refractivity contribution is 7.14. The Morgan fingerprint density at radius 1 is 1.29 bits per heavy atom. The molecule has 0 fully saturated rings. The Bertz CT molecular complexity index is 427. The summed E-state index contributed by atoms with van der Waals surface area (Å²) < 4.78 is 42.3. The molecule has 6 heteroatoms. The maximum absolute atomic E-state index is 12.6. The van der Waals surface area contributed by atoms with E-state index in [0.29, 0.717) is 16.9 Å². The summed E-state index contributed by atoms with van der Waals surface area (Å²) >= 11 is 0.426. The van der Waals surface area contributed by atoms with E-state index in [1.54, 1.807) is 20.8 Å². The molecule has 0 atom stereocenters. The quantitative estimate of drug-likeness (QED) is 0.722. The normalized spacial score (nSPS) is 12.6. The highest BCUT2D eigenvalue weighted by atomic mass is 32.1. The molecule has 1 aromatic heterocycles. The summed E-state index contributed by atoms with van der Waals surface area (Å²) in [6, 6.07) is 1.02. The average molecular weight is 266 g/mol. The second-order valence-corrected chi connectivity index (χ2v) is 5.64. The number of methoxy groups -OCH3 is 1. The van der Waals surface area contributed by atoms with E-state index in [9.17, 15) is 18.0 Å². The third-order valence-corrected chi connectivity index (χ3v) is 3.35. The molecule has 1 heterocycles. The van der Waals surface area contributed by atoms with Crippen LogP contribution in [0.1, 0.15) is 40.9 Å². The van der Waals surface area contributed by atoms with Crippen molar-refractivity contribution in [2.24, 2.45) is 0 Å². The molecular weight excluding hydrogens is 253 g/mol. The number of ether oxygens (including phenoxy) is 1. The topological polar surface area (TPSA) is 26.3 Å². The summed E-state index contributed by atoms with van der Waals surface area (Å²) in [7, 11) is 1.15. The Kier molecular flexibility index (Phi) is 3.57. The Balaban J connectivity index is 3.37. The predicted molar refractivity (Wildman–Crippen MR) is 59.4 cm³/mol. The SMILES string of the molecule is COC(=O)c1sc(C(F)(F)F)cc1C(C)(C)C. The molecule has 0 spiro atoms. The fourth-order valence-corrected chi connectivity index (χ4v) is 2.49. The Morgan fingerprint density at radius 3 is 2.18 bits per heavy atom. The molecule has 0 aliphatic rings. The summed E-state index contributed by atoms with van der Waals surface area (Å²) in [5.41, 5.74) is -0.176. The monoisotopic (exact) mass is 266 g/mol. The third-order valence-electron chi connectivity index (χ3n) is 2.19. The summed E-state index contributed by atoms with van der Waals surface area (Å²) in [5, 5.41) is 0. The lowest BCUT2D eigenvalue weighted by Crippen LogP contribution is -2.15. The van der Waals surface area contributed by atoms with Gasteiger partial charge in [0, 0.05) is 0 Å². The van der Waals surface area contributed by atoms with Gasteiger partial charge in [-0.2, -0.15) is 13.2 Å². The van der Waals surface area contributed by atoms with E-state index in [1.165, 1.54) is 0 Å². The zero-order valence-electron chi connectivity index (χ0n) is 9.94. The minimum atomic E-state index is -4.43. The van der Waals surface area contributed by atoms with Crippen molar-refractivity contribution in [1.82, 2.24) is 0 Å². The highest BCUT2D eigenvalue weighted by Crippen LogP contribution is 2.40. The Labute approximate surface area is 101 Å². The largest absolute Gasteiger partial charge is 0.465 e. The lowest BCUT2D eigenvalue weighted by molar-refractivity contribution is -0.134. The van der Waals surface area contributed by atoms with Gasteiger partial charge in [0.25, 0.3) is 0 Å². The second-order valence-electron chi connectivity index (χ2n) is 4.59. The fraction of sp³-hybridized carbons (Fsp3) is 0.545. The molecule has 0 aliphatic carbocycles. The number of rotatable bonds is 1. The molecule has 17 heavy (non-hydrogen) atoms. The number of esters is 1. The van der Waals surface area contributed by atoms with Crippen molar-refractivity contribution in [2.75, 3.05) is 7.11 Å². The fourth-order valence-electron chi connectivity index (χ4n) is 1.33. The van der Waals surface area contributed by atoms with Crippen molar-refractivity contribution < 1.29 is 22.7 Å². The minimum Gasteiger partial charge on any atom is -0.465 e. The average Bonchev–Trinajstić information content (AvgIpc) is 2.59. The van der Waals surface area contributed by atoms with Gasteiger partial charge in [0.05, 0.1) is 7.11 Å². The molecule has 0 saturated carbocycles. The lowest BCUT2D eigenvalue weighted by atomic mass is 9.87. The molecule has 0 aromatic carbocycles. The van der Waals surface area contributed by atoms with E-state index in [4.69, 9.17) is 0 Å². The van der Waals surface area contributed by atoms with Crippen molar-refractivity contribution in [2.45, 2.75) is 32.4 Å². The number of halogens is 3. The second kappa shape index (κ2) is 4.33. The van der Waals surface area contributed by atoms with Gasteiger partial charge in [-0.25, -0.2) is 4.79 Å². The van der Waals surface area contributed by atoms with Crippen LogP contribution in [-0.2, 0) is 16.3 Å². The lowest BCUT2D eigenvalue weighted by Gasteiger charge is -2.18. The molecule has 1 rings (SSSR count). The van der Waals surface area contributed by atoms with Crippen LogP contribution in [0, 0.1) is 0 Å². The van der Waals surface area contributed by atoms with Gasteiger partial charge in [-0.3, -0.25) is 0 Å². The molecule has 0 aliphatic heterocycles. The molecule has 0 radical (unpaired) electrons. The van der Waals surface area contributed by atoms with Crippen molar-refractivity contribution in [3.8, 4) is 0 Å². The van der Waals surface area contributed by atoms with Crippen LogP contribution < -0.4 is 0 Å². The van der Waals surface area contributed by atoms with Crippen LogP contribution in [0.4, 0.5) is 13.2 Å². The van der Waals surface area contributed by atoms with E-state index in [1.807, 2.05) is 0 Å². The van der Waals surface area contributed by atoms with Crippen molar-refractivity contribution in [3.05, 3.63) is 21.4 Å². The molecule has 0 saturated heterocycles. The first-order chi connectivity index (χ1) is 7.57. The summed E-state index contributed by atoms with van der Waals surface area (Å²) in [6.07, 6.45) is -4.43. The van der Waals surface area contributed by atoms with Gasteiger partial charge in [-0.1, -0.05) is 20.8 Å². The molecule has 0 bridgehead atoms. The number of hydrogen-bond acceptors (Lipinski definition) is 3. The molecule has 1 aromatic rings. The smallest absolute Gasteiger partial charge is 0.425 e. The van der Waals surface area contributed by atoms with E-state index in [0.717, 1.165) is 13.2 Å². The Morgan fingerprint density at radius 2 is 1.82 bits per heavy atom. The molecular formula is C11H13F3O2S. The zero-order valence-corrected chi connectivity index (χ0v) is 10.8. The number of thiophene rings is 1. The maximum Gasteiger partial charge on any atom is 0.425 e. The van der Waals surface area contributed by atoms with Gasteiger partial charge in [-0.15, -0.1) is 11.3 Å². The number of alkyl halides is 3. The Hall–Kier alpha value is -1.04. The van der Waals surface area contributed by atoms with Crippen molar-refractivity contribution in [3.63, 3.8) is 0 Å². The van der Waals surface area contributed by atoms with Crippen LogP contribution in [0.15, 0.2) is 6.07 Å². The van der Waals surface area contributed by atoms with E-state index in [-0.39, 0.29) is 4.88 Å². The van der Waals surface area contributed by atoms with Crippen LogP contribution >= 0.6 is 11.3 Å². The van der Waals surface area contributed by atoms with Gasteiger partial charge in [0.15, 0.2) is 0 Å². The first kappa shape index (κ1) is 14.0. The third kappa shape index (κ3) is 3.00. The van der Waals surface area contributed by atoms with Crippen LogP contribution in [0.2, 0.25) is 0 Å². The highest BCUT2D eigenvalue weighted by Gasteiger charge is 2.37. The van der Waals surface area contributed by atoms with Crippen LogP contribution in [0.3, 0.4) is 0 Å². The number of carbonyl (C=O) groups is 1. The van der Waals surface area contributed by atoms with Gasteiger partial charge in [-0.05, 0) is 17.0 Å².